The lowest BCUT2D eigenvalue weighted by atomic mass is 10.1. The number of methoxy groups -OCH3 is 1. The van der Waals surface area contributed by atoms with E-state index in [2.05, 4.69) is 4.74 Å². The van der Waals surface area contributed by atoms with E-state index in [0.717, 1.165) is 0 Å². The van der Waals surface area contributed by atoms with Crippen LogP contribution < -0.4 is 5.73 Å². The highest BCUT2D eigenvalue weighted by Gasteiger charge is 2.15. The lowest BCUT2D eigenvalue weighted by Crippen LogP contribution is -2.33. The maximum atomic E-state index is 11.1. The van der Waals surface area contributed by atoms with Crippen LogP contribution in [0.1, 0.15) is 12.8 Å². The molecule has 5 nitrogen and oxygen atoms in total. The highest BCUT2D eigenvalue weighted by Crippen LogP contribution is 1.98. The molecule has 0 unspecified atom stereocenters. The summed E-state index contributed by atoms with van der Waals surface area (Å²) in [5.74, 6) is -0.522. The number of esters is 1. The van der Waals surface area contributed by atoms with Gasteiger partial charge in [-0.05, 0) is 6.42 Å². The van der Waals surface area contributed by atoms with Crippen LogP contribution in [0, 0.1) is 0 Å². The molecule has 13 heavy (non-hydrogen) atoms. The molecular formula is C8H16N2O3. The lowest BCUT2D eigenvalue weighted by Gasteiger charge is -2.12. The molecular weight excluding hydrogens is 172 g/mol. The third kappa shape index (κ3) is 4.47. The monoisotopic (exact) mass is 188 g/mol. The van der Waals surface area contributed by atoms with E-state index in [0.29, 0.717) is 6.42 Å². The summed E-state index contributed by atoms with van der Waals surface area (Å²) in [6.07, 6.45) is 0.590. The molecule has 2 N–H and O–H groups in total. The van der Waals surface area contributed by atoms with Crippen molar-refractivity contribution in [3.8, 4) is 0 Å². The van der Waals surface area contributed by atoms with Gasteiger partial charge in [-0.1, -0.05) is 0 Å². The van der Waals surface area contributed by atoms with Crippen LogP contribution in [0.4, 0.5) is 0 Å². The number of nitrogens with zero attached hydrogens (tertiary/aromatic N) is 1. The fourth-order valence-corrected chi connectivity index (χ4v) is 0.772. The van der Waals surface area contributed by atoms with Gasteiger partial charge in [-0.25, -0.2) is 0 Å². The number of nitrogens with two attached hydrogens (primary N) is 1. The van der Waals surface area contributed by atoms with E-state index < -0.39 is 12.0 Å². The topological polar surface area (TPSA) is 72.6 Å². The summed E-state index contributed by atoms with van der Waals surface area (Å²) >= 11 is 0. The average Bonchev–Trinajstić information content (AvgIpc) is 2.11. The molecule has 1 atom stereocenters. The summed E-state index contributed by atoms with van der Waals surface area (Å²) in [4.78, 5) is 23.4. The van der Waals surface area contributed by atoms with E-state index in [4.69, 9.17) is 5.73 Å². The second-order valence-electron chi connectivity index (χ2n) is 2.96. The van der Waals surface area contributed by atoms with Crippen LogP contribution in [-0.4, -0.2) is 44.0 Å². The third-order valence-electron chi connectivity index (χ3n) is 1.67. The fraction of sp³-hybridized carbons (Fsp3) is 0.750. The fourth-order valence-electron chi connectivity index (χ4n) is 0.772. The molecule has 0 saturated heterocycles. The number of amides is 1. The first-order chi connectivity index (χ1) is 5.99. The molecule has 0 aliphatic rings. The zero-order valence-corrected chi connectivity index (χ0v) is 8.24. The van der Waals surface area contributed by atoms with Crippen LogP contribution in [0.5, 0.6) is 0 Å². The molecule has 0 aliphatic heterocycles. The van der Waals surface area contributed by atoms with Gasteiger partial charge >= 0.3 is 5.97 Å². The largest absolute Gasteiger partial charge is 0.468 e. The summed E-state index contributed by atoms with van der Waals surface area (Å²) in [5, 5.41) is 0. The van der Waals surface area contributed by atoms with Gasteiger partial charge in [0.25, 0.3) is 0 Å². The van der Waals surface area contributed by atoms with Crippen molar-refractivity contribution >= 4 is 11.9 Å². The van der Waals surface area contributed by atoms with Crippen molar-refractivity contribution in [2.24, 2.45) is 5.73 Å². The second kappa shape index (κ2) is 5.53. The number of rotatable bonds is 4. The first-order valence-corrected chi connectivity index (χ1v) is 4.02. The van der Waals surface area contributed by atoms with Crippen molar-refractivity contribution in [3.05, 3.63) is 0 Å². The van der Waals surface area contributed by atoms with Crippen LogP contribution in [0.3, 0.4) is 0 Å². The molecule has 0 aliphatic carbocycles. The molecule has 0 radical (unpaired) electrons. The van der Waals surface area contributed by atoms with E-state index in [-0.39, 0.29) is 12.3 Å². The maximum absolute atomic E-state index is 11.1. The van der Waals surface area contributed by atoms with Crippen molar-refractivity contribution in [2.75, 3.05) is 21.2 Å². The summed E-state index contributed by atoms with van der Waals surface area (Å²) in [6.45, 7) is 0. The molecule has 1 amide bonds. The molecule has 0 rings (SSSR count). The van der Waals surface area contributed by atoms with Gasteiger partial charge in [0, 0.05) is 20.5 Å². The minimum atomic E-state index is -0.700. The maximum Gasteiger partial charge on any atom is 0.322 e. The predicted molar refractivity (Wildman–Crippen MR) is 47.9 cm³/mol. The molecule has 0 spiro atoms. The minimum Gasteiger partial charge on any atom is -0.468 e. The molecule has 0 aromatic heterocycles. The Morgan fingerprint density at radius 3 is 2.38 bits per heavy atom. The Kier molecular flexibility index (Phi) is 5.06. The van der Waals surface area contributed by atoms with Gasteiger partial charge in [0.2, 0.25) is 5.91 Å². The van der Waals surface area contributed by atoms with Crippen molar-refractivity contribution in [1.29, 1.82) is 0 Å². The van der Waals surface area contributed by atoms with Crippen LogP contribution in [-0.2, 0) is 14.3 Å². The van der Waals surface area contributed by atoms with Crippen molar-refractivity contribution < 1.29 is 14.3 Å². The van der Waals surface area contributed by atoms with Crippen molar-refractivity contribution in [1.82, 2.24) is 4.90 Å². The molecule has 0 saturated carbocycles. The Morgan fingerprint density at radius 2 is 2.00 bits per heavy atom. The molecule has 0 fully saturated rings. The minimum absolute atomic E-state index is 0.0423. The first kappa shape index (κ1) is 11.9. The number of carbonyl (C=O) groups is 2. The highest BCUT2D eigenvalue weighted by molar-refractivity contribution is 5.78. The third-order valence-corrected chi connectivity index (χ3v) is 1.67. The van der Waals surface area contributed by atoms with Crippen molar-refractivity contribution in [3.63, 3.8) is 0 Å². The number of hydrogen-bond acceptors (Lipinski definition) is 4. The Morgan fingerprint density at radius 1 is 1.46 bits per heavy atom. The van der Waals surface area contributed by atoms with E-state index in [9.17, 15) is 9.59 Å². The summed E-state index contributed by atoms with van der Waals surface area (Å²) < 4.78 is 4.42. The van der Waals surface area contributed by atoms with Crippen LogP contribution in [0.2, 0.25) is 0 Å². The first-order valence-electron chi connectivity index (χ1n) is 4.02. The lowest BCUT2D eigenvalue weighted by molar-refractivity contribution is -0.142. The van der Waals surface area contributed by atoms with E-state index in [1.54, 1.807) is 14.1 Å². The zero-order chi connectivity index (χ0) is 10.4. The zero-order valence-electron chi connectivity index (χ0n) is 8.24. The smallest absolute Gasteiger partial charge is 0.322 e. The van der Waals surface area contributed by atoms with Gasteiger partial charge in [-0.2, -0.15) is 0 Å². The Bertz CT molecular complexity index is 192. The van der Waals surface area contributed by atoms with Gasteiger partial charge in [0.15, 0.2) is 0 Å². The van der Waals surface area contributed by atoms with Crippen molar-refractivity contribution in [2.45, 2.75) is 18.9 Å². The van der Waals surface area contributed by atoms with Crippen LogP contribution in [0.15, 0.2) is 0 Å². The quantitative estimate of drug-likeness (QED) is 0.595. The summed E-state index contributed by atoms with van der Waals surface area (Å²) in [6, 6.07) is -0.700. The summed E-state index contributed by atoms with van der Waals surface area (Å²) in [7, 11) is 4.59. The van der Waals surface area contributed by atoms with Crippen LogP contribution >= 0.6 is 0 Å². The second-order valence-corrected chi connectivity index (χ2v) is 2.96. The van der Waals surface area contributed by atoms with Gasteiger partial charge in [0.05, 0.1) is 7.11 Å². The van der Waals surface area contributed by atoms with E-state index in [1.165, 1.54) is 12.0 Å². The number of ether oxygens (including phenoxy) is 1. The van der Waals surface area contributed by atoms with Gasteiger partial charge < -0.3 is 15.4 Å². The molecule has 0 aromatic carbocycles. The van der Waals surface area contributed by atoms with Gasteiger partial charge in [-0.3, -0.25) is 9.59 Å². The molecule has 0 aromatic rings. The van der Waals surface area contributed by atoms with Crippen LogP contribution in [0.25, 0.3) is 0 Å². The molecule has 5 heteroatoms. The van der Waals surface area contributed by atoms with E-state index in [1.807, 2.05) is 0 Å². The predicted octanol–water partition coefficient (Wildman–Crippen LogP) is -0.645. The van der Waals surface area contributed by atoms with Gasteiger partial charge in [0.1, 0.15) is 6.04 Å². The standard InChI is InChI=1S/C8H16N2O3/c1-10(2)7(11)5-4-6(9)8(12)13-3/h6H,4-5,9H2,1-3H3/t6-/m0/s1. The average molecular weight is 188 g/mol. The molecule has 76 valence electrons. The molecule has 0 bridgehead atoms. The summed E-state index contributed by atoms with van der Waals surface area (Å²) in [5.41, 5.74) is 5.43. The Hall–Kier alpha value is -1.10. The Balaban J connectivity index is 3.76. The number of hydrogen-bond donors (Lipinski definition) is 1. The number of carbonyl (C=O) groups excluding carboxylic acids is 2. The normalized spacial score (nSPS) is 12.0. The SMILES string of the molecule is COC(=O)[C@@H](N)CCC(=O)N(C)C. The van der Waals surface area contributed by atoms with Gasteiger partial charge in [-0.15, -0.1) is 0 Å². The molecule has 0 heterocycles. The Labute approximate surface area is 77.8 Å². The van der Waals surface area contributed by atoms with E-state index >= 15 is 0 Å². The highest BCUT2D eigenvalue weighted by atomic mass is 16.5.